The third kappa shape index (κ3) is 7.66. The molecule has 48 heavy (non-hydrogen) atoms. The summed E-state index contributed by atoms with van der Waals surface area (Å²) in [5.41, 5.74) is 6.58. The Labute approximate surface area is 298 Å². The zero-order valence-electron chi connectivity index (χ0n) is 27.1. The lowest BCUT2D eigenvalue weighted by atomic mass is 9.91. The quantitative estimate of drug-likeness (QED) is 0.196. The van der Waals surface area contributed by atoms with Crippen LogP contribution in [0.5, 0.6) is 6.01 Å². The first-order chi connectivity index (χ1) is 23.2. The summed E-state index contributed by atoms with van der Waals surface area (Å²) in [5, 5.41) is 0.372. The summed E-state index contributed by atoms with van der Waals surface area (Å²) in [6, 6.07) is 4.96. The first kappa shape index (κ1) is 34.3. The van der Waals surface area contributed by atoms with Crippen LogP contribution in [0.15, 0.2) is 57.7 Å². The van der Waals surface area contributed by atoms with Gasteiger partial charge in [0.2, 0.25) is 5.28 Å². The number of rotatable bonds is 6. The molecule has 1 N–H and O–H groups in total. The van der Waals surface area contributed by atoms with Crippen molar-refractivity contribution in [2.45, 2.75) is 51.9 Å². The summed E-state index contributed by atoms with van der Waals surface area (Å²) in [5.74, 6) is 2.23. The van der Waals surface area contributed by atoms with Crippen LogP contribution >= 0.6 is 39.1 Å². The van der Waals surface area contributed by atoms with Crippen LogP contribution in [0.1, 0.15) is 56.3 Å². The minimum atomic E-state index is -0.448. The number of benzene rings is 1. The smallest absolute Gasteiger partial charge is 0.318 e. The van der Waals surface area contributed by atoms with Gasteiger partial charge < -0.3 is 19.5 Å². The lowest BCUT2D eigenvalue weighted by Gasteiger charge is -2.33. The van der Waals surface area contributed by atoms with Crippen LogP contribution in [-0.4, -0.2) is 69.4 Å². The van der Waals surface area contributed by atoms with Crippen molar-refractivity contribution in [3.05, 3.63) is 80.2 Å². The highest BCUT2D eigenvalue weighted by Gasteiger charge is 2.28. The van der Waals surface area contributed by atoms with Gasteiger partial charge in [-0.2, -0.15) is 9.97 Å². The van der Waals surface area contributed by atoms with E-state index < -0.39 is 5.82 Å². The predicted octanol–water partition coefficient (Wildman–Crippen LogP) is 8.22. The Morgan fingerprint density at radius 1 is 0.917 bits per heavy atom. The van der Waals surface area contributed by atoms with Crippen LogP contribution in [0.2, 0.25) is 10.3 Å². The van der Waals surface area contributed by atoms with Crippen molar-refractivity contribution in [3.8, 4) is 17.1 Å². The molecular weight excluding hydrogens is 720 g/mol. The molecule has 0 saturated carbocycles. The second-order valence-corrected chi connectivity index (χ2v) is 13.7. The van der Waals surface area contributed by atoms with Gasteiger partial charge in [-0.15, -0.1) is 0 Å². The lowest BCUT2D eigenvalue weighted by Crippen LogP contribution is -2.35. The molecule has 3 aromatic heterocycles. The first-order valence-electron chi connectivity index (χ1n) is 16.0. The highest BCUT2D eigenvalue weighted by molar-refractivity contribution is 9.10. The van der Waals surface area contributed by atoms with Crippen LogP contribution < -0.4 is 14.5 Å². The summed E-state index contributed by atoms with van der Waals surface area (Å²) in [6.07, 6.45) is 12.4. The molecule has 7 rings (SSSR count). The van der Waals surface area contributed by atoms with E-state index in [1.54, 1.807) is 38.0 Å². The van der Waals surface area contributed by atoms with Gasteiger partial charge in [0.1, 0.15) is 17.5 Å². The van der Waals surface area contributed by atoms with Crippen LogP contribution in [0.3, 0.4) is 0 Å². The molecule has 10 nitrogen and oxygen atoms in total. The molecule has 3 aliphatic rings. The molecule has 0 amide bonds. The molecule has 4 aromatic rings. The Morgan fingerprint density at radius 2 is 1.62 bits per heavy atom. The number of methoxy groups -OCH3 is 1. The fourth-order valence-corrected chi connectivity index (χ4v) is 7.33. The highest BCUT2D eigenvalue weighted by atomic mass is 79.9. The van der Waals surface area contributed by atoms with Gasteiger partial charge in [0.15, 0.2) is 0 Å². The average molecular weight is 758 g/mol. The summed E-state index contributed by atoms with van der Waals surface area (Å²) in [4.78, 5) is 33.8. The normalized spacial score (nSPS) is 17.1. The van der Waals surface area contributed by atoms with Crippen molar-refractivity contribution in [2.75, 3.05) is 43.1 Å². The number of imidazole rings is 1. The van der Waals surface area contributed by atoms with Crippen LogP contribution in [-0.2, 0) is 0 Å². The number of hydrogen-bond donors (Lipinski definition) is 1. The van der Waals surface area contributed by atoms with E-state index in [0.717, 1.165) is 96.9 Å². The maximum absolute atomic E-state index is 13.6. The number of piperidine rings is 2. The number of ether oxygens (including phenoxy) is 1. The third-order valence-corrected chi connectivity index (χ3v) is 10.2. The number of nitrogens with zero attached hydrogens (tertiary/aromatic N) is 8. The standard InChI is InChI=1S/C20H21ClFN5O.C14H16BrClN4/c1-12-18(25-11-24-12)13-5-7-27(8-6-13)19-15(10-23-20(26-19)28-2)14-3-4-17(22)16(21)9-14;1-9-2-5-17-12(9)10-3-6-20(7-4-10)13-11(15)8-18-14(16)19-13/h3-4,9-11,13H,5-8H2,1-2H3,(H,24,25);5,8,10H,2-4,6-7H2,1H3. The molecule has 2 fully saturated rings. The monoisotopic (exact) mass is 755 g/mol. The van der Waals surface area contributed by atoms with Gasteiger partial charge in [-0.3, -0.25) is 4.99 Å². The third-order valence-electron chi connectivity index (χ3n) is 9.15. The minimum Gasteiger partial charge on any atom is -0.467 e. The molecule has 0 aliphatic carbocycles. The maximum atomic E-state index is 13.6. The average Bonchev–Trinajstić information content (AvgIpc) is 3.75. The van der Waals surface area contributed by atoms with Crippen molar-refractivity contribution in [3.63, 3.8) is 0 Å². The van der Waals surface area contributed by atoms with Crippen LogP contribution in [0.4, 0.5) is 16.0 Å². The molecule has 0 radical (unpaired) electrons. The van der Waals surface area contributed by atoms with Crippen molar-refractivity contribution < 1.29 is 9.13 Å². The number of aryl methyl sites for hydroxylation is 1. The number of hydrogen-bond acceptors (Lipinski definition) is 9. The molecule has 2 saturated heterocycles. The van der Waals surface area contributed by atoms with Crippen molar-refractivity contribution in [1.29, 1.82) is 0 Å². The Balaban J connectivity index is 0.000000177. The fourth-order valence-electron chi connectivity index (χ4n) is 6.58. The molecule has 0 atom stereocenters. The number of aromatic nitrogens is 6. The van der Waals surface area contributed by atoms with E-state index in [4.69, 9.17) is 27.9 Å². The van der Waals surface area contributed by atoms with Crippen LogP contribution in [0.25, 0.3) is 11.1 Å². The van der Waals surface area contributed by atoms with Gasteiger partial charge in [0.05, 0.1) is 28.6 Å². The molecule has 0 bridgehead atoms. The van der Waals surface area contributed by atoms with Gasteiger partial charge in [-0.25, -0.2) is 19.3 Å². The fraction of sp³-hybridized carbons (Fsp3) is 0.412. The number of anilines is 2. The number of halogens is 4. The Bertz CT molecular complexity index is 1820. The van der Waals surface area contributed by atoms with E-state index in [0.29, 0.717) is 23.1 Å². The number of aliphatic imine (C=N–C) groups is 1. The Hall–Kier alpha value is -3.61. The molecule has 14 heteroatoms. The van der Waals surface area contributed by atoms with E-state index in [-0.39, 0.29) is 5.02 Å². The Morgan fingerprint density at radius 3 is 2.25 bits per heavy atom. The molecule has 0 spiro atoms. The predicted molar refractivity (Wildman–Crippen MR) is 192 cm³/mol. The SMILES string of the molecule is CC1=C(C2CCN(c3nc(Cl)ncc3Br)CC2)N=CC1.COc1ncc(-c2ccc(F)c(Cl)c2)c(N2CCC(c3nc[nH]c3C)CC2)n1. The van der Waals surface area contributed by atoms with E-state index in [1.807, 2.05) is 6.21 Å². The molecular formula is C34H37BrCl2FN9O. The molecule has 0 unspecified atom stereocenters. The zero-order chi connectivity index (χ0) is 33.8. The molecule has 3 aliphatic heterocycles. The van der Waals surface area contributed by atoms with Crippen molar-refractivity contribution in [2.24, 2.45) is 10.9 Å². The van der Waals surface area contributed by atoms with Crippen molar-refractivity contribution >= 4 is 57.0 Å². The topological polar surface area (TPSA) is 108 Å². The van der Waals surface area contributed by atoms with Gasteiger partial charge >= 0.3 is 6.01 Å². The minimum absolute atomic E-state index is 0.0759. The summed E-state index contributed by atoms with van der Waals surface area (Å²) in [7, 11) is 1.54. The van der Waals surface area contributed by atoms with Crippen LogP contribution in [0, 0.1) is 18.7 Å². The summed E-state index contributed by atoms with van der Waals surface area (Å²) in [6.45, 7) is 7.86. The van der Waals surface area contributed by atoms with Gasteiger partial charge in [-0.05, 0) is 90.3 Å². The van der Waals surface area contributed by atoms with E-state index in [1.165, 1.54) is 17.3 Å². The molecule has 6 heterocycles. The number of allylic oxidation sites excluding steroid dienone is 2. The Kier molecular flexibility index (Phi) is 10.9. The largest absolute Gasteiger partial charge is 0.467 e. The van der Waals surface area contributed by atoms with E-state index in [2.05, 4.69) is 74.5 Å². The summed E-state index contributed by atoms with van der Waals surface area (Å²) >= 11 is 15.4. The molecule has 1 aromatic carbocycles. The lowest BCUT2D eigenvalue weighted by molar-refractivity contribution is 0.379. The number of nitrogens with one attached hydrogen (secondary N) is 1. The number of H-pyrrole nitrogens is 1. The zero-order valence-corrected chi connectivity index (χ0v) is 30.2. The second kappa shape index (κ2) is 15.3. The number of aromatic amines is 1. The van der Waals surface area contributed by atoms with E-state index in [9.17, 15) is 4.39 Å². The van der Waals surface area contributed by atoms with Crippen molar-refractivity contribution in [1.82, 2.24) is 29.9 Å². The summed E-state index contributed by atoms with van der Waals surface area (Å²) < 4.78 is 19.7. The first-order valence-corrected chi connectivity index (χ1v) is 17.5. The van der Waals surface area contributed by atoms with Gasteiger partial charge in [-0.1, -0.05) is 17.7 Å². The van der Waals surface area contributed by atoms with E-state index >= 15 is 0 Å². The molecule has 252 valence electrons. The maximum Gasteiger partial charge on any atom is 0.318 e. The second-order valence-electron chi connectivity index (χ2n) is 12.2. The van der Waals surface area contributed by atoms with Gasteiger partial charge in [0, 0.05) is 80.0 Å². The highest BCUT2D eigenvalue weighted by Crippen LogP contribution is 2.37. The van der Waals surface area contributed by atoms with Gasteiger partial charge in [0.25, 0.3) is 0 Å².